The minimum atomic E-state index is 0.184. The lowest BCUT2D eigenvalue weighted by Gasteiger charge is -2.22. The van der Waals surface area contributed by atoms with Crippen molar-refractivity contribution in [3.05, 3.63) is 0 Å². The molecule has 1 rings (SSSR count). The van der Waals surface area contributed by atoms with E-state index in [1.165, 1.54) is 5.84 Å². The summed E-state index contributed by atoms with van der Waals surface area (Å²) in [7, 11) is 0. The fourth-order valence-electron chi connectivity index (χ4n) is 1.29. The fourth-order valence-corrected chi connectivity index (χ4v) is 1.29. The van der Waals surface area contributed by atoms with Crippen LogP contribution in [0.25, 0.3) is 0 Å². The lowest BCUT2D eigenvalue weighted by atomic mass is 9.94. The second-order valence-corrected chi connectivity index (χ2v) is 4.93. The predicted octanol–water partition coefficient (Wildman–Crippen LogP) is 2.06. The van der Waals surface area contributed by atoms with E-state index < -0.39 is 0 Å². The van der Waals surface area contributed by atoms with Gasteiger partial charge >= 0.3 is 0 Å². The third-order valence-corrected chi connectivity index (χ3v) is 2.28. The van der Waals surface area contributed by atoms with Gasteiger partial charge in [-0.3, -0.25) is 4.99 Å². The highest BCUT2D eigenvalue weighted by molar-refractivity contribution is 5.88. The van der Waals surface area contributed by atoms with E-state index in [2.05, 4.69) is 44.9 Å². The molecule has 12 heavy (non-hydrogen) atoms. The van der Waals surface area contributed by atoms with Gasteiger partial charge in [-0.15, -0.1) is 0 Å². The molecule has 70 valence electrons. The van der Waals surface area contributed by atoms with E-state index >= 15 is 0 Å². The average molecular weight is 168 g/mol. The summed E-state index contributed by atoms with van der Waals surface area (Å²) in [5, 5.41) is 3.48. The number of rotatable bonds is 1. The van der Waals surface area contributed by atoms with Crippen molar-refractivity contribution in [3.63, 3.8) is 0 Å². The first-order valence-electron chi connectivity index (χ1n) is 4.72. The molecular formula is C10H20N2. The Morgan fingerprint density at radius 3 is 2.25 bits per heavy atom. The second kappa shape index (κ2) is 3.08. The highest BCUT2D eigenvalue weighted by atomic mass is 15.1. The van der Waals surface area contributed by atoms with Crippen molar-refractivity contribution in [1.29, 1.82) is 0 Å². The minimum absolute atomic E-state index is 0.184. The summed E-state index contributed by atoms with van der Waals surface area (Å²) in [6.45, 7) is 12.0. The van der Waals surface area contributed by atoms with Gasteiger partial charge in [0.05, 0.1) is 6.54 Å². The van der Waals surface area contributed by atoms with Crippen molar-refractivity contribution in [2.45, 2.75) is 40.7 Å². The molecule has 0 radical (unpaired) electrons. The quantitative estimate of drug-likeness (QED) is 0.636. The fraction of sp³-hybridized carbons (Fsp3) is 0.900. The summed E-state index contributed by atoms with van der Waals surface area (Å²) in [5.74, 6) is 1.84. The highest BCUT2D eigenvalue weighted by Gasteiger charge is 2.27. The van der Waals surface area contributed by atoms with Crippen LogP contribution < -0.4 is 5.32 Å². The Hall–Kier alpha value is -0.530. The molecule has 0 amide bonds. The van der Waals surface area contributed by atoms with E-state index in [0.29, 0.717) is 12.0 Å². The number of aliphatic imine (C=N–C) groups is 1. The van der Waals surface area contributed by atoms with Crippen molar-refractivity contribution >= 4 is 5.84 Å². The van der Waals surface area contributed by atoms with Gasteiger partial charge in [-0.2, -0.15) is 0 Å². The van der Waals surface area contributed by atoms with Crippen LogP contribution in [-0.4, -0.2) is 18.4 Å². The first-order valence-corrected chi connectivity index (χ1v) is 4.72. The Kier molecular flexibility index (Phi) is 2.45. The van der Waals surface area contributed by atoms with Gasteiger partial charge < -0.3 is 5.32 Å². The first-order chi connectivity index (χ1) is 5.41. The minimum Gasteiger partial charge on any atom is -0.369 e. The maximum Gasteiger partial charge on any atom is 0.102 e. The monoisotopic (exact) mass is 168 g/mol. The van der Waals surface area contributed by atoms with E-state index in [1.807, 2.05) is 0 Å². The van der Waals surface area contributed by atoms with Crippen molar-refractivity contribution in [2.24, 2.45) is 16.3 Å². The molecule has 1 aliphatic heterocycles. The summed E-state index contributed by atoms with van der Waals surface area (Å²) in [5.41, 5.74) is 0.184. The summed E-state index contributed by atoms with van der Waals surface area (Å²) in [6.07, 6.45) is 0. The zero-order valence-electron chi connectivity index (χ0n) is 8.81. The molecule has 0 saturated carbocycles. The normalized spacial score (nSPS) is 24.2. The molecule has 0 aliphatic carbocycles. The van der Waals surface area contributed by atoms with E-state index in [0.717, 1.165) is 6.54 Å². The van der Waals surface area contributed by atoms with Crippen LogP contribution in [0.5, 0.6) is 0 Å². The molecule has 0 spiro atoms. The van der Waals surface area contributed by atoms with E-state index in [9.17, 15) is 0 Å². The van der Waals surface area contributed by atoms with Crippen molar-refractivity contribution in [1.82, 2.24) is 5.32 Å². The Balaban J connectivity index is 2.55. The van der Waals surface area contributed by atoms with E-state index in [4.69, 9.17) is 0 Å². The number of hydrogen-bond donors (Lipinski definition) is 1. The van der Waals surface area contributed by atoms with Gasteiger partial charge in [0.15, 0.2) is 0 Å². The molecule has 1 N–H and O–H groups in total. The number of hydrogen-bond acceptors (Lipinski definition) is 2. The summed E-state index contributed by atoms with van der Waals surface area (Å²) in [4.78, 5) is 4.52. The van der Waals surface area contributed by atoms with Gasteiger partial charge in [0, 0.05) is 11.5 Å². The van der Waals surface area contributed by atoms with Crippen molar-refractivity contribution < 1.29 is 0 Å². The Morgan fingerprint density at radius 1 is 1.42 bits per heavy atom. The van der Waals surface area contributed by atoms with Crippen LogP contribution in [0.15, 0.2) is 4.99 Å². The molecular weight excluding hydrogens is 148 g/mol. The van der Waals surface area contributed by atoms with Crippen LogP contribution in [0.1, 0.15) is 34.6 Å². The highest BCUT2D eigenvalue weighted by Crippen LogP contribution is 2.19. The molecule has 0 unspecified atom stereocenters. The van der Waals surface area contributed by atoms with Gasteiger partial charge in [-0.1, -0.05) is 34.6 Å². The summed E-state index contributed by atoms with van der Waals surface area (Å²) in [6, 6.07) is 0.555. The molecule has 0 aromatic rings. The third-order valence-electron chi connectivity index (χ3n) is 2.28. The molecule has 1 atom stereocenters. The molecule has 1 aliphatic rings. The largest absolute Gasteiger partial charge is 0.369 e. The van der Waals surface area contributed by atoms with E-state index in [-0.39, 0.29) is 5.41 Å². The van der Waals surface area contributed by atoms with Crippen LogP contribution in [-0.2, 0) is 0 Å². The van der Waals surface area contributed by atoms with Crippen LogP contribution >= 0.6 is 0 Å². The van der Waals surface area contributed by atoms with Crippen LogP contribution in [0.4, 0.5) is 0 Å². The predicted molar refractivity (Wildman–Crippen MR) is 53.5 cm³/mol. The maximum atomic E-state index is 4.52. The zero-order chi connectivity index (χ0) is 9.35. The third kappa shape index (κ3) is 1.99. The van der Waals surface area contributed by atoms with E-state index in [1.54, 1.807) is 0 Å². The Bertz CT molecular complexity index is 187. The molecule has 2 heteroatoms. The van der Waals surface area contributed by atoms with Crippen LogP contribution in [0, 0.1) is 11.3 Å². The van der Waals surface area contributed by atoms with Crippen molar-refractivity contribution in [3.8, 4) is 0 Å². The molecule has 2 nitrogen and oxygen atoms in total. The van der Waals surface area contributed by atoms with Gasteiger partial charge in [0.1, 0.15) is 5.84 Å². The first kappa shape index (κ1) is 9.56. The van der Waals surface area contributed by atoms with Gasteiger partial charge in [0.25, 0.3) is 0 Å². The molecule has 0 bridgehead atoms. The smallest absolute Gasteiger partial charge is 0.102 e. The Morgan fingerprint density at radius 2 is 2.00 bits per heavy atom. The average Bonchev–Trinajstić information content (AvgIpc) is 2.30. The maximum absolute atomic E-state index is 4.52. The van der Waals surface area contributed by atoms with Crippen molar-refractivity contribution in [2.75, 3.05) is 6.54 Å². The zero-order valence-corrected chi connectivity index (χ0v) is 8.81. The van der Waals surface area contributed by atoms with Crippen LogP contribution in [0.3, 0.4) is 0 Å². The summed E-state index contributed by atoms with van der Waals surface area (Å²) >= 11 is 0. The molecule has 0 aromatic carbocycles. The molecule has 0 aromatic heterocycles. The Labute approximate surface area is 75.5 Å². The van der Waals surface area contributed by atoms with Gasteiger partial charge in [-0.05, 0) is 5.92 Å². The SMILES string of the molecule is CC(C)[C@H]1CN=C(C(C)(C)C)N1. The van der Waals surface area contributed by atoms with Gasteiger partial charge in [0.2, 0.25) is 0 Å². The lowest BCUT2D eigenvalue weighted by Crippen LogP contribution is -2.39. The molecule has 0 fully saturated rings. The molecule has 0 saturated heterocycles. The second-order valence-electron chi connectivity index (χ2n) is 4.93. The standard InChI is InChI=1S/C10H20N2/c1-7(2)8-6-11-9(12-8)10(3,4)5/h7-8H,6H2,1-5H3,(H,11,12)/t8-/m1/s1. The number of nitrogens with one attached hydrogen (secondary N) is 1. The lowest BCUT2D eigenvalue weighted by molar-refractivity contribution is 0.470. The summed E-state index contributed by atoms with van der Waals surface area (Å²) < 4.78 is 0. The van der Waals surface area contributed by atoms with Gasteiger partial charge in [-0.25, -0.2) is 0 Å². The number of amidine groups is 1. The number of nitrogens with zero attached hydrogens (tertiary/aromatic N) is 1. The van der Waals surface area contributed by atoms with Crippen LogP contribution in [0.2, 0.25) is 0 Å². The topological polar surface area (TPSA) is 24.4 Å². The molecule has 1 heterocycles.